The van der Waals surface area contributed by atoms with Gasteiger partial charge in [-0.1, -0.05) is 28.9 Å². The van der Waals surface area contributed by atoms with Crippen molar-refractivity contribution in [1.82, 2.24) is 5.32 Å². The average molecular weight is 314 g/mol. The van der Waals surface area contributed by atoms with Crippen LogP contribution in [0.3, 0.4) is 0 Å². The van der Waals surface area contributed by atoms with Gasteiger partial charge in [0, 0.05) is 4.47 Å². The van der Waals surface area contributed by atoms with Crippen LogP contribution in [0.25, 0.3) is 0 Å². The van der Waals surface area contributed by atoms with Crippen LogP contribution in [0, 0.1) is 6.92 Å². The average Bonchev–Trinajstić information content (AvgIpc) is 2.32. The molecule has 0 bridgehead atoms. The molecule has 18 heavy (non-hydrogen) atoms. The number of hydrogen-bond acceptors (Lipinski definition) is 2. The summed E-state index contributed by atoms with van der Waals surface area (Å²) < 4.78 is 6.89. The lowest BCUT2D eigenvalue weighted by Crippen LogP contribution is -2.28. The van der Waals surface area contributed by atoms with E-state index in [0.29, 0.717) is 0 Å². The van der Waals surface area contributed by atoms with Gasteiger partial charge in [-0.25, -0.2) is 0 Å². The Morgan fingerprint density at radius 2 is 2.06 bits per heavy atom. The molecule has 1 aromatic carbocycles. The highest BCUT2D eigenvalue weighted by Gasteiger charge is 2.14. The van der Waals surface area contributed by atoms with Crippen LogP contribution in [0.5, 0.6) is 0 Å². The fourth-order valence-electron chi connectivity index (χ4n) is 1.85. The predicted molar refractivity (Wildman–Crippen MR) is 81.0 cm³/mol. The first kappa shape index (κ1) is 15.7. The monoisotopic (exact) mass is 313 g/mol. The minimum absolute atomic E-state index is 0.267. The molecule has 0 aliphatic rings. The molecule has 0 heterocycles. The molecular weight excluding hydrogens is 290 g/mol. The van der Waals surface area contributed by atoms with Crippen LogP contribution in [-0.2, 0) is 4.74 Å². The normalized spacial score (nSPS) is 13.0. The van der Waals surface area contributed by atoms with E-state index in [9.17, 15) is 0 Å². The quantitative estimate of drug-likeness (QED) is 0.813. The molecule has 102 valence electrons. The second kappa shape index (κ2) is 7.93. The first-order chi connectivity index (χ1) is 8.54. The van der Waals surface area contributed by atoms with Gasteiger partial charge in [-0.2, -0.15) is 0 Å². The van der Waals surface area contributed by atoms with Gasteiger partial charge in [-0.15, -0.1) is 0 Å². The Balaban J connectivity index is 2.82. The third kappa shape index (κ3) is 5.09. The molecule has 0 spiro atoms. The molecule has 2 nitrogen and oxygen atoms in total. The lowest BCUT2D eigenvalue weighted by atomic mass is 10.0. The van der Waals surface area contributed by atoms with Crippen molar-refractivity contribution < 1.29 is 4.74 Å². The maximum absolute atomic E-state index is 5.77. The van der Waals surface area contributed by atoms with Gasteiger partial charge in [0.25, 0.3) is 0 Å². The highest BCUT2D eigenvalue weighted by molar-refractivity contribution is 9.10. The zero-order valence-electron chi connectivity index (χ0n) is 11.8. The third-order valence-electron chi connectivity index (χ3n) is 2.85. The standard InChI is InChI=1S/C15H24BrNO/c1-5-8-17-15(10-18-11(2)3)14-9-13(16)7-6-12(14)4/h6-7,9,11,15,17H,5,8,10H2,1-4H3. The van der Waals surface area contributed by atoms with Crippen molar-refractivity contribution in [1.29, 1.82) is 0 Å². The number of benzene rings is 1. The van der Waals surface area contributed by atoms with E-state index in [0.717, 1.165) is 24.0 Å². The van der Waals surface area contributed by atoms with E-state index in [4.69, 9.17) is 4.74 Å². The number of hydrogen-bond donors (Lipinski definition) is 1. The van der Waals surface area contributed by atoms with Gasteiger partial charge < -0.3 is 10.1 Å². The van der Waals surface area contributed by atoms with Gasteiger partial charge in [0.2, 0.25) is 0 Å². The highest BCUT2D eigenvalue weighted by atomic mass is 79.9. The fraction of sp³-hybridized carbons (Fsp3) is 0.600. The Morgan fingerprint density at radius 1 is 1.33 bits per heavy atom. The van der Waals surface area contributed by atoms with Crippen molar-refractivity contribution in [3.05, 3.63) is 33.8 Å². The molecule has 0 fully saturated rings. The van der Waals surface area contributed by atoms with E-state index >= 15 is 0 Å². The number of rotatable bonds is 7. The Labute approximate surface area is 119 Å². The van der Waals surface area contributed by atoms with Gasteiger partial charge in [0.1, 0.15) is 0 Å². The Bertz CT molecular complexity index is 366. The first-order valence-corrected chi connectivity index (χ1v) is 7.45. The fourth-order valence-corrected chi connectivity index (χ4v) is 2.23. The number of nitrogens with one attached hydrogen (secondary N) is 1. The van der Waals surface area contributed by atoms with Crippen molar-refractivity contribution >= 4 is 15.9 Å². The predicted octanol–water partition coefficient (Wildman–Crippen LogP) is 4.22. The summed E-state index contributed by atoms with van der Waals surface area (Å²) in [6.07, 6.45) is 1.40. The van der Waals surface area contributed by atoms with Crippen LogP contribution in [0.1, 0.15) is 44.4 Å². The van der Waals surface area contributed by atoms with E-state index in [1.165, 1.54) is 11.1 Å². The minimum atomic E-state index is 0.267. The van der Waals surface area contributed by atoms with Gasteiger partial charge >= 0.3 is 0 Å². The van der Waals surface area contributed by atoms with E-state index in [1.54, 1.807) is 0 Å². The minimum Gasteiger partial charge on any atom is -0.377 e. The molecular formula is C15H24BrNO. The van der Waals surface area contributed by atoms with Crippen molar-refractivity contribution in [3.63, 3.8) is 0 Å². The van der Waals surface area contributed by atoms with Crippen LogP contribution in [0.4, 0.5) is 0 Å². The van der Waals surface area contributed by atoms with Crippen LogP contribution < -0.4 is 5.32 Å². The van der Waals surface area contributed by atoms with Crippen molar-refractivity contribution in [2.24, 2.45) is 0 Å². The summed E-state index contributed by atoms with van der Waals surface area (Å²) in [4.78, 5) is 0. The molecule has 1 aromatic rings. The number of ether oxygens (including phenoxy) is 1. The summed E-state index contributed by atoms with van der Waals surface area (Å²) in [5.74, 6) is 0. The lowest BCUT2D eigenvalue weighted by Gasteiger charge is -2.22. The zero-order valence-corrected chi connectivity index (χ0v) is 13.4. The second-order valence-electron chi connectivity index (χ2n) is 4.89. The van der Waals surface area contributed by atoms with E-state index in [1.807, 2.05) is 0 Å². The van der Waals surface area contributed by atoms with Gasteiger partial charge in [0.05, 0.1) is 18.8 Å². The first-order valence-electron chi connectivity index (χ1n) is 6.65. The molecule has 0 saturated heterocycles. The van der Waals surface area contributed by atoms with E-state index in [-0.39, 0.29) is 12.1 Å². The summed E-state index contributed by atoms with van der Waals surface area (Å²) >= 11 is 3.54. The number of halogens is 1. The summed E-state index contributed by atoms with van der Waals surface area (Å²) in [5.41, 5.74) is 2.62. The van der Waals surface area contributed by atoms with Crippen LogP contribution >= 0.6 is 15.9 Å². The summed E-state index contributed by atoms with van der Waals surface area (Å²) in [6, 6.07) is 6.69. The molecule has 1 rings (SSSR count). The lowest BCUT2D eigenvalue weighted by molar-refractivity contribution is 0.0610. The molecule has 1 N–H and O–H groups in total. The highest BCUT2D eigenvalue weighted by Crippen LogP contribution is 2.23. The van der Waals surface area contributed by atoms with Gasteiger partial charge in [-0.05, 0) is 57.0 Å². The van der Waals surface area contributed by atoms with Crippen LogP contribution in [0.15, 0.2) is 22.7 Å². The largest absolute Gasteiger partial charge is 0.377 e. The SMILES string of the molecule is CCCNC(COC(C)C)c1cc(Br)ccc1C. The molecule has 0 aromatic heterocycles. The Hall–Kier alpha value is -0.380. The zero-order chi connectivity index (χ0) is 13.5. The number of aryl methyl sites for hydroxylation is 1. The Kier molecular flexibility index (Phi) is 6.90. The van der Waals surface area contributed by atoms with Crippen molar-refractivity contribution in [3.8, 4) is 0 Å². The second-order valence-corrected chi connectivity index (χ2v) is 5.81. The smallest absolute Gasteiger partial charge is 0.0665 e. The van der Waals surface area contributed by atoms with Crippen LogP contribution in [-0.4, -0.2) is 19.3 Å². The summed E-state index contributed by atoms with van der Waals surface area (Å²) in [5, 5.41) is 3.56. The van der Waals surface area contributed by atoms with Crippen molar-refractivity contribution in [2.45, 2.75) is 46.3 Å². The third-order valence-corrected chi connectivity index (χ3v) is 3.35. The van der Waals surface area contributed by atoms with E-state index < -0.39 is 0 Å². The van der Waals surface area contributed by atoms with Gasteiger partial charge in [-0.3, -0.25) is 0 Å². The molecule has 0 aliphatic carbocycles. The summed E-state index contributed by atoms with van der Waals surface area (Å²) in [7, 11) is 0. The summed E-state index contributed by atoms with van der Waals surface area (Å²) in [6.45, 7) is 10.2. The molecule has 0 aliphatic heterocycles. The molecule has 0 radical (unpaired) electrons. The molecule has 0 amide bonds. The molecule has 1 atom stereocenters. The maximum Gasteiger partial charge on any atom is 0.0665 e. The topological polar surface area (TPSA) is 21.3 Å². The van der Waals surface area contributed by atoms with Crippen LogP contribution in [0.2, 0.25) is 0 Å². The van der Waals surface area contributed by atoms with E-state index in [2.05, 4.69) is 67.1 Å². The Morgan fingerprint density at radius 3 is 2.67 bits per heavy atom. The molecule has 0 saturated carbocycles. The van der Waals surface area contributed by atoms with Crippen molar-refractivity contribution in [2.75, 3.05) is 13.2 Å². The maximum atomic E-state index is 5.77. The molecule has 1 unspecified atom stereocenters. The molecule has 3 heteroatoms. The van der Waals surface area contributed by atoms with Gasteiger partial charge in [0.15, 0.2) is 0 Å².